The van der Waals surface area contributed by atoms with E-state index in [9.17, 15) is 0 Å². The van der Waals surface area contributed by atoms with Crippen LogP contribution < -0.4 is 0 Å². The van der Waals surface area contributed by atoms with Crippen LogP contribution >= 0.6 is 0 Å². The Morgan fingerprint density at radius 2 is 2.08 bits per heavy atom. The quantitative estimate of drug-likeness (QED) is 0.562. The fourth-order valence-corrected chi connectivity index (χ4v) is 1.83. The molecule has 1 aromatic carbocycles. The third-order valence-corrected chi connectivity index (χ3v) is 2.39. The minimum absolute atomic E-state index is 1.05. The molecule has 1 aromatic rings. The highest BCUT2D eigenvalue weighted by Gasteiger charge is 2.18. The van der Waals surface area contributed by atoms with E-state index in [4.69, 9.17) is 0 Å². The van der Waals surface area contributed by atoms with E-state index in [0.717, 1.165) is 6.54 Å². The van der Waals surface area contributed by atoms with Gasteiger partial charge in [0.2, 0.25) is 0 Å². The van der Waals surface area contributed by atoms with Crippen molar-refractivity contribution in [1.82, 2.24) is 4.90 Å². The highest BCUT2D eigenvalue weighted by atomic mass is 15.1. The van der Waals surface area contributed by atoms with Crippen LogP contribution in [0.5, 0.6) is 0 Å². The summed E-state index contributed by atoms with van der Waals surface area (Å²) in [6.45, 7) is 3.14. The van der Waals surface area contributed by atoms with E-state index < -0.39 is 0 Å². The molecule has 0 amide bonds. The average Bonchev–Trinajstić information content (AvgIpc) is 2.40. The van der Waals surface area contributed by atoms with Gasteiger partial charge in [0.05, 0.1) is 0 Å². The zero-order valence-corrected chi connectivity index (χ0v) is 7.54. The summed E-state index contributed by atoms with van der Waals surface area (Å²) in [7, 11) is 2.13. The summed E-state index contributed by atoms with van der Waals surface area (Å²) in [4.78, 5) is 2.28. The van der Waals surface area contributed by atoms with Crippen LogP contribution in [0.15, 0.2) is 30.3 Å². The molecule has 0 radical (unpaired) electrons. The second kappa shape index (κ2) is 2.67. The van der Waals surface area contributed by atoms with Crippen molar-refractivity contribution >= 4 is 5.70 Å². The molecule has 2 rings (SSSR count). The summed E-state index contributed by atoms with van der Waals surface area (Å²) in [5, 5.41) is 0. The van der Waals surface area contributed by atoms with Crippen molar-refractivity contribution in [3.8, 4) is 0 Å². The largest absolute Gasteiger partial charge is 0.370 e. The molecule has 0 aliphatic carbocycles. The van der Waals surface area contributed by atoms with Crippen molar-refractivity contribution in [2.24, 2.45) is 0 Å². The Hall–Kier alpha value is -1.24. The second-order valence-corrected chi connectivity index (χ2v) is 3.19. The molecule has 0 N–H and O–H groups in total. The van der Waals surface area contributed by atoms with Gasteiger partial charge < -0.3 is 4.90 Å². The number of nitrogens with zero attached hydrogens (tertiary/aromatic N) is 1. The van der Waals surface area contributed by atoms with Gasteiger partial charge in [0.25, 0.3) is 0 Å². The van der Waals surface area contributed by atoms with E-state index in [2.05, 4.69) is 49.2 Å². The Bertz CT molecular complexity index is 326. The van der Waals surface area contributed by atoms with Crippen molar-refractivity contribution < 1.29 is 0 Å². The summed E-state index contributed by atoms with van der Waals surface area (Å²) in [6.07, 6.45) is 2.17. The Labute approximate surface area is 73.3 Å². The predicted octanol–water partition coefficient (Wildman–Crippen LogP) is 2.49. The summed E-state index contributed by atoms with van der Waals surface area (Å²) in [6, 6.07) is 8.59. The first-order chi connectivity index (χ1) is 5.83. The Kier molecular flexibility index (Phi) is 1.65. The van der Waals surface area contributed by atoms with Crippen LogP contribution in [0.4, 0.5) is 0 Å². The molecule has 0 atom stereocenters. The smallest absolute Gasteiger partial charge is 0.0433 e. The van der Waals surface area contributed by atoms with Gasteiger partial charge in [-0.3, -0.25) is 0 Å². The van der Waals surface area contributed by atoms with Gasteiger partial charge in [0.1, 0.15) is 0 Å². The zero-order chi connectivity index (χ0) is 8.55. The van der Waals surface area contributed by atoms with Gasteiger partial charge in [-0.15, -0.1) is 0 Å². The van der Waals surface area contributed by atoms with E-state index in [1.807, 2.05) is 0 Å². The third-order valence-electron chi connectivity index (χ3n) is 2.39. The van der Waals surface area contributed by atoms with Crippen molar-refractivity contribution in [3.63, 3.8) is 0 Å². The lowest BCUT2D eigenvalue weighted by molar-refractivity contribution is 0.500. The predicted molar refractivity (Wildman–Crippen MR) is 51.6 cm³/mol. The maximum absolute atomic E-state index is 2.28. The number of fused-ring (bicyclic) bond motifs is 1. The summed E-state index contributed by atoms with van der Waals surface area (Å²) in [5.41, 5.74) is 4.18. The molecule has 1 heteroatoms. The molecule has 0 spiro atoms. The number of hydrogen-bond donors (Lipinski definition) is 0. The monoisotopic (exact) mass is 159 g/mol. The second-order valence-electron chi connectivity index (χ2n) is 3.19. The van der Waals surface area contributed by atoms with Gasteiger partial charge in [-0.25, -0.2) is 0 Å². The van der Waals surface area contributed by atoms with Gasteiger partial charge in [0.15, 0.2) is 0 Å². The average molecular weight is 159 g/mol. The summed E-state index contributed by atoms with van der Waals surface area (Å²) in [5.74, 6) is 0. The molecule has 0 fully saturated rings. The Balaban J connectivity index is 2.55. The maximum atomic E-state index is 2.28. The first kappa shape index (κ1) is 7.41. The summed E-state index contributed by atoms with van der Waals surface area (Å²) >= 11 is 0. The van der Waals surface area contributed by atoms with Crippen LogP contribution in [0.2, 0.25) is 0 Å². The molecule has 1 aliphatic heterocycles. The molecular formula is C11H13N. The number of allylic oxidation sites excluding steroid dienone is 1. The van der Waals surface area contributed by atoms with Gasteiger partial charge in [-0.1, -0.05) is 30.3 Å². The van der Waals surface area contributed by atoms with Gasteiger partial charge in [-0.2, -0.15) is 0 Å². The highest BCUT2D eigenvalue weighted by molar-refractivity contribution is 5.70. The molecule has 1 heterocycles. The lowest BCUT2D eigenvalue weighted by Crippen LogP contribution is -2.06. The molecule has 0 saturated heterocycles. The van der Waals surface area contributed by atoms with Gasteiger partial charge in [0, 0.05) is 24.9 Å². The van der Waals surface area contributed by atoms with Crippen LogP contribution in [0.1, 0.15) is 18.1 Å². The Morgan fingerprint density at radius 3 is 2.83 bits per heavy atom. The third kappa shape index (κ3) is 0.934. The van der Waals surface area contributed by atoms with Crippen LogP contribution in [0.25, 0.3) is 5.70 Å². The van der Waals surface area contributed by atoms with Gasteiger partial charge in [-0.05, 0) is 12.5 Å². The van der Waals surface area contributed by atoms with Crippen LogP contribution in [0, 0.1) is 0 Å². The highest BCUT2D eigenvalue weighted by Crippen LogP contribution is 2.30. The molecular weight excluding hydrogens is 146 g/mol. The number of rotatable bonds is 0. The normalized spacial score (nSPS) is 18.5. The molecule has 12 heavy (non-hydrogen) atoms. The van der Waals surface area contributed by atoms with Crippen molar-refractivity contribution in [3.05, 3.63) is 41.5 Å². The number of hydrogen-bond acceptors (Lipinski definition) is 1. The van der Waals surface area contributed by atoms with Crippen molar-refractivity contribution in [2.45, 2.75) is 13.5 Å². The summed E-state index contributed by atoms with van der Waals surface area (Å²) < 4.78 is 0. The standard InChI is InChI=1S/C11H13N/c1-3-11-10-7-5-4-6-9(10)8-12(11)2/h3-7H,8H2,1-2H3/b11-3+. The lowest BCUT2D eigenvalue weighted by Gasteiger charge is -2.11. The molecule has 62 valence electrons. The van der Waals surface area contributed by atoms with E-state index >= 15 is 0 Å². The minimum Gasteiger partial charge on any atom is -0.370 e. The molecule has 0 saturated carbocycles. The maximum Gasteiger partial charge on any atom is 0.0433 e. The van der Waals surface area contributed by atoms with E-state index in [1.165, 1.54) is 16.8 Å². The van der Waals surface area contributed by atoms with Crippen LogP contribution in [-0.4, -0.2) is 11.9 Å². The van der Waals surface area contributed by atoms with Crippen LogP contribution in [0.3, 0.4) is 0 Å². The van der Waals surface area contributed by atoms with E-state index in [-0.39, 0.29) is 0 Å². The first-order valence-electron chi connectivity index (χ1n) is 4.28. The zero-order valence-electron chi connectivity index (χ0n) is 7.54. The molecule has 1 aliphatic rings. The topological polar surface area (TPSA) is 3.24 Å². The minimum atomic E-state index is 1.05. The van der Waals surface area contributed by atoms with Gasteiger partial charge >= 0.3 is 0 Å². The van der Waals surface area contributed by atoms with Crippen molar-refractivity contribution in [2.75, 3.05) is 7.05 Å². The van der Waals surface area contributed by atoms with E-state index in [1.54, 1.807) is 0 Å². The SMILES string of the molecule is C/C=C1\c2ccccc2CN1C. The van der Waals surface area contributed by atoms with Crippen molar-refractivity contribution in [1.29, 1.82) is 0 Å². The van der Waals surface area contributed by atoms with Crippen LogP contribution in [-0.2, 0) is 6.54 Å². The molecule has 0 bridgehead atoms. The molecule has 1 nitrogen and oxygen atoms in total. The van der Waals surface area contributed by atoms with E-state index in [0.29, 0.717) is 0 Å². The fourth-order valence-electron chi connectivity index (χ4n) is 1.83. The Morgan fingerprint density at radius 1 is 1.33 bits per heavy atom. The molecule has 0 aromatic heterocycles. The first-order valence-corrected chi connectivity index (χ1v) is 4.28. The number of benzene rings is 1. The molecule has 0 unspecified atom stereocenters. The lowest BCUT2D eigenvalue weighted by atomic mass is 10.1. The fraction of sp³-hybridized carbons (Fsp3) is 0.273.